The Morgan fingerprint density at radius 3 is 2.91 bits per heavy atom. The zero-order chi connectivity index (χ0) is 15.4. The third-order valence-electron chi connectivity index (χ3n) is 4.15. The molecule has 1 aromatic rings. The number of carbonyl (C=O) groups excluding carboxylic acids is 2. The first kappa shape index (κ1) is 14.8. The van der Waals surface area contributed by atoms with E-state index in [1.54, 1.807) is 23.2 Å². The Morgan fingerprint density at radius 1 is 1.32 bits per heavy atom. The summed E-state index contributed by atoms with van der Waals surface area (Å²) in [5.74, 6) is 0.234. The predicted octanol–water partition coefficient (Wildman–Crippen LogP) is 1.37. The Kier molecular flexibility index (Phi) is 4.56. The highest BCUT2D eigenvalue weighted by Crippen LogP contribution is 2.22. The van der Waals surface area contributed by atoms with Crippen molar-refractivity contribution in [2.45, 2.75) is 38.2 Å². The molecule has 0 radical (unpaired) electrons. The average molecular weight is 303 g/mol. The molecule has 0 bridgehead atoms. The fourth-order valence-corrected chi connectivity index (χ4v) is 2.96. The summed E-state index contributed by atoms with van der Waals surface area (Å²) in [7, 11) is 0. The van der Waals surface area contributed by atoms with E-state index in [1.807, 2.05) is 0 Å². The molecule has 0 atom stereocenters. The number of nitrogens with zero attached hydrogens (tertiary/aromatic N) is 2. The Labute approximate surface area is 129 Å². The van der Waals surface area contributed by atoms with Gasteiger partial charge < -0.3 is 15.0 Å². The van der Waals surface area contributed by atoms with E-state index in [4.69, 9.17) is 4.74 Å². The molecule has 1 aliphatic carbocycles. The van der Waals surface area contributed by atoms with Gasteiger partial charge in [0.2, 0.25) is 11.8 Å². The summed E-state index contributed by atoms with van der Waals surface area (Å²) in [4.78, 5) is 29.6. The summed E-state index contributed by atoms with van der Waals surface area (Å²) < 4.78 is 5.89. The van der Waals surface area contributed by atoms with Gasteiger partial charge in [-0.2, -0.15) is 0 Å². The van der Waals surface area contributed by atoms with Crippen LogP contribution in [0.1, 0.15) is 42.5 Å². The van der Waals surface area contributed by atoms with Gasteiger partial charge >= 0.3 is 0 Å². The van der Waals surface area contributed by atoms with E-state index in [0.29, 0.717) is 24.5 Å². The normalized spacial score (nSPS) is 19.6. The molecule has 0 aromatic carbocycles. The second kappa shape index (κ2) is 6.77. The Hall–Kier alpha value is -2.11. The Morgan fingerprint density at radius 2 is 2.14 bits per heavy atom. The smallest absolute Gasteiger partial charge is 0.254 e. The summed E-state index contributed by atoms with van der Waals surface area (Å²) in [6.07, 6.45) is 7.53. The molecule has 2 fully saturated rings. The molecule has 2 amide bonds. The molecule has 6 nitrogen and oxygen atoms in total. The molecule has 0 spiro atoms. The summed E-state index contributed by atoms with van der Waals surface area (Å²) in [5.41, 5.74) is 0.524. The van der Waals surface area contributed by atoms with E-state index in [9.17, 15) is 9.59 Å². The van der Waals surface area contributed by atoms with Crippen LogP contribution >= 0.6 is 0 Å². The van der Waals surface area contributed by atoms with Crippen LogP contribution in [0, 0.1) is 0 Å². The predicted molar refractivity (Wildman–Crippen MR) is 80.7 cm³/mol. The van der Waals surface area contributed by atoms with Crippen molar-refractivity contribution in [2.24, 2.45) is 0 Å². The fraction of sp³-hybridized carbons (Fsp3) is 0.562. The number of pyridine rings is 1. The number of ether oxygens (including phenoxy) is 1. The van der Waals surface area contributed by atoms with Gasteiger partial charge in [-0.1, -0.05) is 6.42 Å². The first-order valence-corrected chi connectivity index (χ1v) is 7.91. The lowest BCUT2D eigenvalue weighted by atomic mass is 9.98. The molecular formula is C16H21N3O3. The van der Waals surface area contributed by atoms with Crippen LogP contribution in [0.25, 0.3) is 0 Å². The SMILES string of the molecule is O=C1CN(C(=O)c2ccnc(OC3CCCCC3)c2)CCN1. The highest BCUT2D eigenvalue weighted by Gasteiger charge is 2.23. The van der Waals surface area contributed by atoms with Crippen LogP contribution < -0.4 is 10.1 Å². The molecule has 1 saturated heterocycles. The van der Waals surface area contributed by atoms with Gasteiger partial charge in [-0.25, -0.2) is 4.98 Å². The lowest BCUT2D eigenvalue weighted by molar-refractivity contribution is -0.123. The minimum absolute atomic E-state index is 0.111. The van der Waals surface area contributed by atoms with Gasteiger partial charge in [0.1, 0.15) is 6.10 Å². The van der Waals surface area contributed by atoms with Gasteiger partial charge in [0, 0.05) is 30.9 Å². The highest BCUT2D eigenvalue weighted by atomic mass is 16.5. The minimum Gasteiger partial charge on any atom is -0.474 e. The van der Waals surface area contributed by atoms with Crippen LogP contribution in [0.3, 0.4) is 0 Å². The summed E-state index contributed by atoms with van der Waals surface area (Å²) in [6, 6.07) is 3.35. The lowest BCUT2D eigenvalue weighted by Crippen LogP contribution is -2.49. The van der Waals surface area contributed by atoms with Crippen LogP contribution in [-0.2, 0) is 4.79 Å². The van der Waals surface area contributed by atoms with Gasteiger partial charge in [-0.15, -0.1) is 0 Å². The molecule has 3 rings (SSSR count). The van der Waals surface area contributed by atoms with E-state index in [-0.39, 0.29) is 24.5 Å². The van der Waals surface area contributed by atoms with Gasteiger partial charge in [0.25, 0.3) is 5.91 Å². The molecular weight excluding hydrogens is 282 g/mol. The molecule has 1 aliphatic heterocycles. The molecule has 22 heavy (non-hydrogen) atoms. The van der Waals surface area contributed by atoms with Crippen LogP contribution in [0.5, 0.6) is 5.88 Å². The van der Waals surface area contributed by atoms with Crippen molar-refractivity contribution in [3.05, 3.63) is 23.9 Å². The van der Waals surface area contributed by atoms with Crippen molar-refractivity contribution in [3.63, 3.8) is 0 Å². The van der Waals surface area contributed by atoms with Gasteiger partial charge in [-0.3, -0.25) is 9.59 Å². The van der Waals surface area contributed by atoms with Gasteiger partial charge in [0.05, 0.1) is 6.54 Å². The zero-order valence-electron chi connectivity index (χ0n) is 12.6. The summed E-state index contributed by atoms with van der Waals surface area (Å²) in [5, 5.41) is 2.71. The monoisotopic (exact) mass is 303 g/mol. The second-order valence-corrected chi connectivity index (χ2v) is 5.84. The number of rotatable bonds is 3. The molecule has 2 aliphatic rings. The molecule has 1 saturated carbocycles. The average Bonchev–Trinajstić information content (AvgIpc) is 2.55. The lowest BCUT2D eigenvalue weighted by Gasteiger charge is -2.27. The highest BCUT2D eigenvalue weighted by molar-refractivity contribution is 5.97. The van der Waals surface area contributed by atoms with Crippen molar-refractivity contribution in [1.82, 2.24) is 15.2 Å². The first-order valence-electron chi connectivity index (χ1n) is 7.91. The van der Waals surface area contributed by atoms with Gasteiger partial charge in [0.15, 0.2) is 0 Å². The quantitative estimate of drug-likeness (QED) is 0.915. The van der Waals surface area contributed by atoms with E-state index in [2.05, 4.69) is 10.3 Å². The summed E-state index contributed by atoms with van der Waals surface area (Å²) >= 11 is 0. The molecule has 118 valence electrons. The molecule has 0 unspecified atom stereocenters. The van der Waals surface area contributed by atoms with Crippen molar-refractivity contribution in [3.8, 4) is 5.88 Å². The molecule has 2 heterocycles. The zero-order valence-corrected chi connectivity index (χ0v) is 12.6. The third-order valence-corrected chi connectivity index (χ3v) is 4.15. The standard InChI is InChI=1S/C16H21N3O3/c20-14-11-19(9-8-17-14)16(21)12-6-7-18-15(10-12)22-13-4-2-1-3-5-13/h6-7,10,13H,1-5,8-9,11H2,(H,17,20). The number of aromatic nitrogens is 1. The number of amides is 2. The largest absolute Gasteiger partial charge is 0.474 e. The topological polar surface area (TPSA) is 71.5 Å². The van der Waals surface area contributed by atoms with E-state index in [0.717, 1.165) is 12.8 Å². The minimum atomic E-state index is -0.147. The number of nitrogens with one attached hydrogen (secondary N) is 1. The molecule has 6 heteroatoms. The second-order valence-electron chi connectivity index (χ2n) is 5.84. The van der Waals surface area contributed by atoms with Crippen LogP contribution in [0.2, 0.25) is 0 Å². The Bertz CT molecular complexity index is 555. The first-order chi connectivity index (χ1) is 10.7. The maximum Gasteiger partial charge on any atom is 0.254 e. The fourth-order valence-electron chi connectivity index (χ4n) is 2.96. The van der Waals surface area contributed by atoms with Crippen LogP contribution in [0.4, 0.5) is 0 Å². The molecule has 1 aromatic heterocycles. The van der Waals surface area contributed by atoms with E-state index >= 15 is 0 Å². The van der Waals surface area contributed by atoms with Crippen molar-refractivity contribution in [2.75, 3.05) is 19.6 Å². The van der Waals surface area contributed by atoms with E-state index in [1.165, 1.54) is 19.3 Å². The van der Waals surface area contributed by atoms with Crippen molar-refractivity contribution in [1.29, 1.82) is 0 Å². The van der Waals surface area contributed by atoms with E-state index < -0.39 is 0 Å². The number of hydrogen-bond donors (Lipinski definition) is 1. The van der Waals surface area contributed by atoms with Gasteiger partial charge in [-0.05, 0) is 31.7 Å². The number of hydrogen-bond acceptors (Lipinski definition) is 4. The van der Waals surface area contributed by atoms with Crippen molar-refractivity contribution >= 4 is 11.8 Å². The summed E-state index contributed by atoms with van der Waals surface area (Å²) in [6.45, 7) is 1.15. The van der Waals surface area contributed by atoms with Crippen LogP contribution in [0.15, 0.2) is 18.3 Å². The maximum atomic E-state index is 12.5. The van der Waals surface area contributed by atoms with Crippen LogP contribution in [-0.4, -0.2) is 47.4 Å². The molecule has 1 N–H and O–H groups in total. The maximum absolute atomic E-state index is 12.5. The number of carbonyl (C=O) groups is 2. The third kappa shape index (κ3) is 3.55. The number of piperazine rings is 1. The van der Waals surface area contributed by atoms with Crippen molar-refractivity contribution < 1.29 is 14.3 Å². The Balaban J connectivity index is 1.67.